The average molecular weight is 657 g/mol. The number of nitro benzene ring substituents is 2. The summed E-state index contributed by atoms with van der Waals surface area (Å²) >= 11 is 0. The summed E-state index contributed by atoms with van der Waals surface area (Å²) in [6, 6.07) is 31.1. The van der Waals surface area contributed by atoms with E-state index in [4.69, 9.17) is 9.47 Å². The second-order valence-corrected chi connectivity index (χ2v) is 11.8. The van der Waals surface area contributed by atoms with Crippen molar-refractivity contribution in [2.45, 2.75) is 30.8 Å². The molecule has 1 fully saturated rings. The van der Waals surface area contributed by atoms with Gasteiger partial charge in [-0.05, 0) is 109 Å². The van der Waals surface area contributed by atoms with E-state index in [1.54, 1.807) is 36.4 Å². The van der Waals surface area contributed by atoms with Crippen molar-refractivity contribution in [3.63, 3.8) is 0 Å². The van der Waals surface area contributed by atoms with Gasteiger partial charge in [0.1, 0.15) is 23.4 Å². The lowest BCUT2D eigenvalue weighted by Crippen LogP contribution is -2.19. The van der Waals surface area contributed by atoms with Crippen LogP contribution in [-0.2, 0) is 0 Å². The van der Waals surface area contributed by atoms with Crippen LogP contribution in [0.5, 0.6) is 17.2 Å². The predicted molar refractivity (Wildman–Crippen MR) is 181 cm³/mol. The van der Waals surface area contributed by atoms with E-state index in [0.29, 0.717) is 39.8 Å². The molecule has 2 amide bonds. The normalized spacial score (nSPS) is 17.1. The lowest BCUT2D eigenvalue weighted by molar-refractivity contribution is -0.385. The van der Waals surface area contributed by atoms with Crippen LogP contribution in [0.4, 0.5) is 22.7 Å². The van der Waals surface area contributed by atoms with Crippen molar-refractivity contribution in [2.24, 2.45) is 0 Å². The van der Waals surface area contributed by atoms with E-state index in [1.165, 1.54) is 59.7 Å². The van der Waals surface area contributed by atoms with E-state index in [2.05, 4.69) is 22.8 Å². The molecule has 3 unspecified atom stereocenters. The van der Waals surface area contributed by atoms with Gasteiger partial charge in [0.2, 0.25) is 0 Å². The highest BCUT2D eigenvalue weighted by atomic mass is 16.6. The molecular formula is C37H28N4O8. The van der Waals surface area contributed by atoms with Gasteiger partial charge in [0.15, 0.2) is 0 Å². The van der Waals surface area contributed by atoms with Gasteiger partial charge in [0, 0.05) is 58.6 Å². The lowest BCUT2D eigenvalue weighted by atomic mass is 9.92. The summed E-state index contributed by atoms with van der Waals surface area (Å²) in [5, 5.41) is 27.3. The molecule has 2 N–H and O–H groups in total. The zero-order valence-electron chi connectivity index (χ0n) is 25.8. The quantitative estimate of drug-likeness (QED) is 0.112. The molecule has 0 aromatic heterocycles. The Hall–Kier alpha value is -6.56. The topological polar surface area (TPSA) is 163 Å². The number of ether oxygens (including phenoxy) is 2. The highest BCUT2D eigenvalue weighted by Crippen LogP contribution is 2.55. The van der Waals surface area contributed by atoms with Gasteiger partial charge in [-0.2, -0.15) is 0 Å². The molecule has 2 aliphatic carbocycles. The van der Waals surface area contributed by atoms with E-state index >= 15 is 0 Å². The molecule has 49 heavy (non-hydrogen) atoms. The molecule has 2 bridgehead atoms. The summed E-state index contributed by atoms with van der Waals surface area (Å²) in [6.07, 6.45) is 2.00. The van der Waals surface area contributed by atoms with Crippen molar-refractivity contribution in [3.8, 4) is 17.2 Å². The summed E-state index contributed by atoms with van der Waals surface area (Å²) < 4.78 is 12.7. The van der Waals surface area contributed by atoms with Crippen LogP contribution >= 0.6 is 0 Å². The Balaban J connectivity index is 0.953. The number of carbonyl (C=O) groups excluding carboxylic acids is 2. The number of rotatable bonds is 10. The van der Waals surface area contributed by atoms with Crippen LogP contribution in [0.2, 0.25) is 0 Å². The molecule has 7 rings (SSSR count). The van der Waals surface area contributed by atoms with Crippen molar-refractivity contribution in [3.05, 3.63) is 158 Å². The number of carbonyl (C=O) groups is 2. The first-order chi connectivity index (χ1) is 23.7. The molecule has 0 spiro atoms. The molecule has 0 heterocycles. The van der Waals surface area contributed by atoms with E-state index < -0.39 is 9.85 Å². The fourth-order valence-electron chi connectivity index (χ4n) is 6.46. The van der Waals surface area contributed by atoms with E-state index in [1.807, 2.05) is 18.2 Å². The maximum absolute atomic E-state index is 12.6. The number of hydrogen-bond acceptors (Lipinski definition) is 8. The Bertz CT molecular complexity index is 2060. The Morgan fingerprint density at radius 1 is 0.571 bits per heavy atom. The SMILES string of the molecule is O=C(Nc1ccc(Oc2ccc3c(c2)C2CCC3C2Oc2ccc(NC(=O)c3ccc([N+](=O)[O-])cc3)cc2)cc1)c1ccc([N+](=O)[O-])cc1. The molecule has 12 nitrogen and oxygen atoms in total. The molecular weight excluding hydrogens is 628 g/mol. The van der Waals surface area contributed by atoms with Gasteiger partial charge in [0.25, 0.3) is 23.2 Å². The summed E-state index contributed by atoms with van der Waals surface area (Å²) in [6.45, 7) is 0. The number of fused-ring (bicyclic) bond motifs is 5. The smallest absolute Gasteiger partial charge is 0.269 e. The summed E-state index contributed by atoms with van der Waals surface area (Å²) in [7, 11) is 0. The third kappa shape index (κ3) is 6.52. The Morgan fingerprint density at radius 2 is 1.02 bits per heavy atom. The second kappa shape index (κ2) is 12.9. The number of nitrogens with zero attached hydrogens (tertiary/aromatic N) is 2. The van der Waals surface area contributed by atoms with Crippen molar-refractivity contribution in [1.82, 2.24) is 0 Å². The maximum atomic E-state index is 12.6. The molecule has 3 atom stereocenters. The molecule has 244 valence electrons. The van der Waals surface area contributed by atoms with Crippen molar-refractivity contribution >= 4 is 34.6 Å². The number of anilines is 2. The van der Waals surface area contributed by atoms with E-state index in [0.717, 1.165) is 12.8 Å². The number of benzene rings is 5. The van der Waals surface area contributed by atoms with Gasteiger partial charge in [0.05, 0.1) is 9.85 Å². The highest BCUT2D eigenvalue weighted by molar-refractivity contribution is 6.05. The van der Waals surface area contributed by atoms with Gasteiger partial charge < -0.3 is 20.1 Å². The van der Waals surface area contributed by atoms with Crippen LogP contribution in [0.3, 0.4) is 0 Å². The molecule has 0 aliphatic heterocycles. The van der Waals surface area contributed by atoms with Crippen molar-refractivity contribution < 1.29 is 28.9 Å². The third-order valence-electron chi connectivity index (χ3n) is 8.85. The molecule has 0 radical (unpaired) electrons. The van der Waals surface area contributed by atoms with E-state index in [9.17, 15) is 29.8 Å². The van der Waals surface area contributed by atoms with Crippen LogP contribution in [0, 0.1) is 20.2 Å². The highest BCUT2D eigenvalue weighted by Gasteiger charge is 2.47. The monoisotopic (exact) mass is 656 g/mol. The number of nitrogens with one attached hydrogen (secondary N) is 2. The maximum Gasteiger partial charge on any atom is 0.269 e. The minimum atomic E-state index is -0.515. The summed E-state index contributed by atoms with van der Waals surface area (Å²) in [4.78, 5) is 45.9. The van der Waals surface area contributed by atoms with Crippen LogP contribution in [0.25, 0.3) is 0 Å². The fourth-order valence-corrected chi connectivity index (χ4v) is 6.46. The molecule has 2 aliphatic rings. The number of nitro groups is 2. The van der Waals surface area contributed by atoms with Crippen molar-refractivity contribution in [1.29, 1.82) is 0 Å². The zero-order valence-corrected chi connectivity index (χ0v) is 25.8. The molecule has 5 aromatic rings. The molecule has 0 saturated heterocycles. The first kappa shape index (κ1) is 31.1. The first-order valence-electron chi connectivity index (χ1n) is 15.5. The minimum absolute atomic E-state index is 0.0237. The van der Waals surface area contributed by atoms with Crippen molar-refractivity contribution in [2.75, 3.05) is 10.6 Å². The standard InChI is InChI=1S/C37H28N4O8/c42-36(22-1-9-26(10-2-22)40(44)45)38-24-5-13-28(14-6-24)48-30-17-18-31-32-19-20-33(34(31)21-30)35(32)49-29-15-7-25(8-16-29)39-37(43)23-3-11-27(12-4-23)41(46)47/h1-18,21,32-33,35H,19-20H2,(H,38,42)(H,39,43). The first-order valence-corrected chi connectivity index (χ1v) is 15.5. The summed E-state index contributed by atoms with van der Waals surface area (Å²) in [5.41, 5.74) is 4.06. The fraction of sp³-hybridized carbons (Fsp3) is 0.135. The lowest BCUT2D eigenvalue weighted by Gasteiger charge is -2.19. The Labute approximate surface area is 279 Å². The van der Waals surface area contributed by atoms with Crippen LogP contribution < -0.4 is 20.1 Å². The largest absolute Gasteiger partial charge is 0.489 e. The van der Waals surface area contributed by atoms with Gasteiger partial charge in [-0.1, -0.05) is 6.07 Å². The Kier molecular flexibility index (Phi) is 8.19. The molecule has 12 heteroatoms. The van der Waals surface area contributed by atoms with Crippen LogP contribution in [0.1, 0.15) is 56.5 Å². The number of hydrogen-bond donors (Lipinski definition) is 2. The Morgan fingerprint density at radius 3 is 1.51 bits per heavy atom. The minimum Gasteiger partial charge on any atom is -0.489 e. The average Bonchev–Trinajstić information content (AvgIpc) is 3.65. The second-order valence-electron chi connectivity index (χ2n) is 11.8. The zero-order chi connectivity index (χ0) is 34.1. The van der Waals surface area contributed by atoms with Crippen LogP contribution in [-0.4, -0.2) is 27.8 Å². The number of amides is 2. The summed E-state index contributed by atoms with van der Waals surface area (Å²) in [5.74, 6) is 1.71. The van der Waals surface area contributed by atoms with Crippen LogP contribution in [0.15, 0.2) is 115 Å². The molecule has 1 saturated carbocycles. The molecule has 5 aromatic carbocycles. The predicted octanol–water partition coefficient (Wildman–Crippen LogP) is 8.22. The van der Waals surface area contributed by atoms with E-state index in [-0.39, 0.29) is 41.1 Å². The van der Waals surface area contributed by atoms with Gasteiger partial charge in [-0.3, -0.25) is 29.8 Å². The number of non-ortho nitro benzene ring substituents is 2. The van der Waals surface area contributed by atoms with Gasteiger partial charge in [-0.25, -0.2) is 0 Å². The van der Waals surface area contributed by atoms with Gasteiger partial charge in [-0.15, -0.1) is 0 Å². The third-order valence-corrected chi connectivity index (χ3v) is 8.85. The van der Waals surface area contributed by atoms with Gasteiger partial charge >= 0.3 is 0 Å².